The van der Waals surface area contributed by atoms with Crippen molar-refractivity contribution in [3.05, 3.63) is 50.7 Å². The number of aromatic nitrogens is 1. The van der Waals surface area contributed by atoms with E-state index in [4.69, 9.17) is 5.26 Å². The van der Waals surface area contributed by atoms with Gasteiger partial charge < -0.3 is 5.32 Å². The molecule has 5 heteroatoms. The van der Waals surface area contributed by atoms with Crippen LogP contribution < -0.4 is 5.32 Å². The van der Waals surface area contributed by atoms with Gasteiger partial charge in [-0.1, -0.05) is 0 Å². The number of nitrogens with zero attached hydrogens (tertiary/aromatic N) is 2. The summed E-state index contributed by atoms with van der Waals surface area (Å²) in [5.74, 6) is -0.377. The maximum atomic E-state index is 13.3. The van der Waals surface area contributed by atoms with Gasteiger partial charge in [0, 0.05) is 17.5 Å². The first-order valence-electron chi connectivity index (χ1n) is 6.36. The molecule has 0 aliphatic carbocycles. The van der Waals surface area contributed by atoms with Crippen LogP contribution in [-0.4, -0.2) is 4.98 Å². The molecule has 1 heterocycles. The molecule has 0 saturated heterocycles. The minimum absolute atomic E-state index is 0.148. The molecule has 104 valence electrons. The minimum Gasteiger partial charge on any atom is -0.305 e. The molecular weight excluding hydrogens is 273 g/mol. The number of hydrogen-bond acceptors (Lipinski definition) is 4. The number of rotatable bonds is 4. The lowest BCUT2D eigenvalue weighted by molar-refractivity contribution is 0.573. The molecule has 2 rings (SSSR count). The molecule has 0 radical (unpaired) electrons. The van der Waals surface area contributed by atoms with E-state index in [1.54, 1.807) is 17.4 Å². The fraction of sp³-hybridized carbons (Fsp3) is 0.333. The lowest BCUT2D eigenvalue weighted by Crippen LogP contribution is -2.18. The van der Waals surface area contributed by atoms with E-state index in [9.17, 15) is 4.39 Å². The number of benzene rings is 1. The quantitative estimate of drug-likeness (QED) is 0.935. The van der Waals surface area contributed by atoms with Crippen molar-refractivity contribution in [2.45, 2.75) is 33.4 Å². The van der Waals surface area contributed by atoms with Crippen LogP contribution >= 0.6 is 11.3 Å². The first-order chi connectivity index (χ1) is 9.49. The topological polar surface area (TPSA) is 48.7 Å². The van der Waals surface area contributed by atoms with Gasteiger partial charge in [0.15, 0.2) is 0 Å². The third-order valence-electron chi connectivity index (χ3n) is 3.03. The summed E-state index contributed by atoms with van der Waals surface area (Å²) in [5, 5.41) is 13.2. The molecule has 0 fully saturated rings. The van der Waals surface area contributed by atoms with Crippen molar-refractivity contribution < 1.29 is 4.39 Å². The van der Waals surface area contributed by atoms with Crippen LogP contribution in [0.2, 0.25) is 0 Å². The molecule has 0 amide bonds. The Balaban J connectivity index is 2.07. The number of nitrogens with one attached hydrogen (secondary N) is 1. The maximum Gasteiger partial charge on any atom is 0.124 e. The fourth-order valence-electron chi connectivity index (χ4n) is 2.13. The van der Waals surface area contributed by atoms with Crippen molar-refractivity contribution >= 4 is 11.3 Å². The molecule has 0 saturated carbocycles. The lowest BCUT2D eigenvalue weighted by atomic mass is 10.1. The number of aryl methyl sites for hydroxylation is 2. The van der Waals surface area contributed by atoms with E-state index < -0.39 is 0 Å². The van der Waals surface area contributed by atoms with Crippen LogP contribution in [0.3, 0.4) is 0 Å². The van der Waals surface area contributed by atoms with Gasteiger partial charge in [-0.05, 0) is 44.5 Å². The molecule has 1 N–H and O–H groups in total. The van der Waals surface area contributed by atoms with Crippen molar-refractivity contribution in [1.82, 2.24) is 10.3 Å². The Hall–Kier alpha value is -1.77. The highest BCUT2D eigenvalue weighted by Crippen LogP contribution is 2.24. The standard InChI is InChI=1S/C15H16FN3S/c1-9(15-10(2)19-11(3)20-15)18-8-13-4-12(7-17)5-14(16)6-13/h4-6,9,18H,8H2,1-3H3. The van der Waals surface area contributed by atoms with Crippen LogP contribution in [-0.2, 0) is 6.54 Å². The second-order valence-electron chi connectivity index (χ2n) is 4.75. The third-order valence-corrected chi connectivity index (χ3v) is 4.29. The van der Waals surface area contributed by atoms with Gasteiger partial charge in [-0.3, -0.25) is 0 Å². The predicted molar refractivity (Wildman–Crippen MR) is 78.0 cm³/mol. The molecule has 2 aromatic rings. The first kappa shape index (κ1) is 14.6. The average Bonchev–Trinajstić information content (AvgIpc) is 2.74. The van der Waals surface area contributed by atoms with Crippen molar-refractivity contribution in [3.63, 3.8) is 0 Å². The number of thiazole rings is 1. The fourth-order valence-corrected chi connectivity index (χ4v) is 3.08. The van der Waals surface area contributed by atoms with E-state index in [1.165, 1.54) is 17.0 Å². The third kappa shape index (κ3) is 3.41. The SMILES string of the molecule is Cc1nc(C)c(C(C)NCc2cc(F)cc(C#N)c2)s1. The summed E-state index contributed by atoms with van der Waals surface area (Å²) in [7, 11) is 0. The van der Waals surface area contributed by atoms with E-state index in [0.717, 1.165) is 16.3 Å². The molecule has 1 aromatic heterocycles. The molecule has 20 heavy (non-hydrogen) atoms. The van der Waals surface area contributed by atoms with Gasteiger partial charge in [0.2, 0.25) is 0 Å². The monoisotopic (exact) mass is 289 g/mol. The summed E-state index contributed by atoms with van der Waals surface area (Å²) in [6, 6.07) is 6.50. The van der Waals surface area contributed by atoms with Gasteiger partial charge in [0.1, 0.15) is 5.82 Å². The van der Waals surface area contributed by atoms with E-state index in [2.05, 4.69) is 17.2 Å². The van der Waals surface area contributed by atoms with E-state index in [1.807, 2.05) is 19.9 Å². The van der Waals surface area contributed by atoms with Gasteiger partial charge in [-0.2, -0.15) is 5.26 Å². The molecule has 0 spiro atoms. The maximum absolute atomic E-state index is 13.3. The zero-order valence-electron chi connectivity index (χ0n) is 11.7. The summed E-state index contributed by atoms with van der Waals surface area (Å²) in [5.41, 5.74) is 2.15. The Bertz CT molecular complexity index is 658. The van der Waals surface area contributed by atoms with Crippen LogP contribution in [0.5, 0.6) is 0 Å². The van der Waals surface area contributed by atoms with Crippen molar-refractivity contribution in [1.29, 1.82) is 5.26 Å². The van der Waals surface area contributed by atoms with Gasteiger partial charge in [-0.15, -0.1) is 11.3 Å². The van der Waals surface area contributed by atoms with Crippen LogP contribution in [0.25, 0.3) is 0 Å². The second kappa shape index (κ2) is 6.12. The van der Waals surface area contributed by atoms with Crippen molar-refractivity contribution in [3.8, 4) is 6.07 Å². The largest absolute Gasteiger partial charge is 0.305 e. The molecule has 1 unspecified atom stereocenters. The minimum atomic E-state index is -0.377. The van der Waals surface area contributed by atoms with E-state index in [0.29, 0.717) is 12.1 Å². The Labute approximate surface area is 122 Å². The highest BCUT2D eigenvalue weighted by atomic mass is 32.1. The Morgan fingerprint density at radius 3 is 2.75 bits per heavy atom. The molecule has 0 bridgehead atoms. The second-order valence-corrected chi connectivity index (χ2v) is 5.98. The van der Waals surface area contributed by atoms with Crippen LogP contribution in [0.15, 0.2) is 18.2 Å². The van der Waals surface area contributed by atoms with E-state index >= 15 is 0 Å². The average molecular weight is 289 g/mol. The Morgan fingerprint density at radius 2 is 2.15 bits per heavy atom. The smallest absolute Gasteiger partial charge is 0.124 e. The van der Waals surface area contributed by atoms with Crippen LogP contribution in [0.1, 0.15) is 39.7 Å². The van der Waals surface area contributed by atoms with Gasteiger partial charge in [0.05, 0.1) is 22.3 Å². The predicted octanol–water partition coefficient (Wildman–Crippen LogP) is 3.62. The molecule has 0 aliphatic heterocycles. The molecular formula is C15H16FN3S. The summed E-state index contributed by atoms with van der Waals surface area (Å²) >= 11 is 1.67. The number of halogens is 1. The van der Waals surface area contributed by atoms with Crippen molar-refractivity contribution in [2.75, 3.05) is 0 Å². The van der Waals surface area contributed by atoms with Gasteiger partial charge >= 0.3 is 0 Å². The highest BCUT2D eigenvalue weighted by Gasteiger charge is 2.12. The summed E-state index contributed by atoms with van der Waals surface area (Å²) < 4.78 is 13.3. The van der Waals surface area contributed by atoms with Gasteiger partial charge in [0.25, 0.3) is 0 Å². The van der Waals surface area contributed by atoms with Gasteiger partial charge in [-0.25, -0.2) is 9.37 Å². The summed E-state index contributed by atoms with van der Waals surface area (Å²) in [6.45, 7) is 6.56. The highest BCUT2D eigenvalue weighted by molar-refractivity contribution is 7.11. The lowest BCUT2D eigenvalue weighted by Gasteiger charge is -2.13. The number of nitriles is 1. The Morgan fingerprint density at radius 1 is 1.40 bits per heavy atom. The molecule has 3 nitrogen and oxygen atoms in total. The zero-order chi connectivity index (χ0) is 14.7. The normalized spacial score (nSPS) is 12.2. The summed E-state index contributed by atoms with van der Waals surface area (Å²) in [4.78, 5) is 5.60. The summed E-state index contributed by atoms with van der Waals surface area (Å²) in [6.07, 6.45) is 0. The van der Waals surface area contributed by atoms with Crippen LogP contribution in [0, 0.1) is 31.0 Å². The zero-order valence-corrected chi connectivity index (χ0v) is 12.5. The van der Waals surface area contributed by atoms with Crippen molar-refractivity contribution in [2.24, 2.45) is 0 Å². The molecule has 0 aliphatic rings. The Kier molecular flexibility index (Phi) is 4.48. The number of hydrogen-bond donors (Lipinski definition) is 1. The first-order valence-corrected chi connectivity index (χ1v) is 7.18. The molecule has 1 aromatic carbocycles. The van der Waals surface area contributed by atoms with E-state index in [-0.39, 0.29) is 11.9 Å². The van der Waals surface area contributed by atoms with Crippen LogP contribution in [0.4, 0.5) is 4.39 Å². The molecule has 1 atom stereocenters.